The molecule has 0 heterocycles. The third-order valence-electron chi connectivity index (χ3n) is 3.42. The molecule has 0 aromatic rings. The predicted molar refractivity (Wildman–Crippen MR) is 94.2 cm³/mol. The van der Waals surface area contributed by atoms with Crippen molar-refractivity contribution in [3.63, 3.8) is 0 Å². The van der Waals surface area contributed by atoms with Crippen LogP contribution in [0.3, 0.4) is 0 Å². The average molecular weight is 303 g/mol. The molecule has 0 aliphatic carbocycles. The van der Waals surface area contributed by atoms with Crippen molar-refractivity contribution in [2.75, 3.05) is 0 Å². The first-order valence-electron chi connectivity index (χ1n) is 7.63. The summed E-state index contributed by atoms with van der Waals surface area (Å²) < 4.78 is 6.99. The van der Waals surface area contributed by atoms with Crippen LogP contribution in [-0.4, -0.2) is 18.1 Å². The molecule has 0 bridgehead atoms. The maximum absolute atomic E-state index is 6.99. The Morgan fingerprint density at radius 2 is 0.579 bits per heavy atom. The molecular formula is C16H38OSi2. The lowest BCUT2D eigenvalue weighted by atomic mass is 10.2. The zero-order valence-corrected chi connectivity index (χ0v) is 17.9. The summed E-state index contributed by atoms with van der Waals surface area (Å²) in [4.78, 5) is 0. The first kappa shape index (κ1) is 19.4. The molecule has 0 rings (SSSR count). The van der Waals surface area contributed by atoms with Crippen LogP contribution >= 0.6 is 0 Å². The van der Waals surface area contributed by atoms with E-state index in [1.165, 1.54) is 0 Å². The largest absolute Gasteiger partial charge is 0.458 e. The summed E-state index contributed by atoms with van der Waals surface area (Å²) in [6.45, 7) is 28.4. The summed E-state index contributed by atoms with van der Waals surface area (Å²) in [5, 5.41) is 1.28. The van der Waals surface area contributed by atoms with Crippen molar-refractivity contribution in [2.24, 2.45) is 0 Å². The zero-order valence-electron chi connectivity index (χ0n) is 15.6. The van der Waals surface area contributed by atoms with Gasteiger partial charge >= 0.3 is 0 Å². The topological polar surface area (TPSA) is 9.23 Å². The second kappa shape index (κ2) is 5.65. The minimum absolute atomic E-state index is 0.319. The number of hydrogen-bond donors (Lipinski definition) is 0. The molecule has 0 aliphatic heterocycles. The van der Waals surface area contributed by atoms with E-state index in [0.717, 1.165) is 0 Å². The summed E-state index contributed by atoms with van der Waals surface area (Å²) >= 11 is 0. The molecule has 0 aliphatic rings. The van der Waals surface area contributed by atoms with Crippen molar-refractivity contribution in [2.45, 2.75) is 103 Å². The van der Waals surface area contributed by atoms with Crippen molar-refractivity contribution in [1.82, 2.24) is 0 Å². The molecule has 0 radical (unpaired) electrons. The molecule has 0 N–H and O–H groups in total. The van der Waals surface area contributed by atoms with Crippen molar-refractivity contribution in [3.05, 3.63) is 0 Å². The fourth-order valence-corrected chi connectivity index (χ4v) is 16.4. The predicted octanol–water partition coefficient (Wildman–Crippen LogP) is 5.65. The fraction of sp³-hybridized carbons (Fsp3) is 1.00. The highest BCUT2D eigenvalue weighted by Crippen LogP contribution is 2.48. The molecule has 0 fully saturated rings. The Labute approximate surface area is 126 Å². The van der Waals surface area contributed by atoms with E-state index >= 15 is 0 Å². The van der Waals surface area contributed by atoms with Gasteiger partial charge in [-0.05, 0) is 20.2 Å². The molecule has 116 valence electrons. The van der Waals surface area contributed by atoms with Gasteiger partial charge in [0.2, 0.25) is 0 Å². The number of rotatable bonds is 2. The molecule has 3 heteroatoms. The highest BCUT2D eigenvalue weighted by molar-refractivity contribution is 6.72. The Hall–Kier alpha value is 0.394. The van der Waals surface area contributed by atoms with Crippen LogP contribution < -0.4 is 0 Å². The summed E-state index contributed by atoms with van der Waals surface area (Å²) in [6.07, 6.45) is 0. The first-order valence-corrected chi connectivity index (χ1v) is 10.9. The molecule has 0 spiro atoms. The second-order valence-corrected chi connectivity index (χ2v) is 19.9. The van der Waals surface area contributed by atoms with E-state index in [0.29, 0.717) is 20.2 Å². The molecule has 0 saturated heterocycles. The van der Waals surface area contributed by atoms with Crippen LogP contribution in [0.1, 0.15) is 83.1 Å². The van der Waals surface area contributed by atoms with Gasteiger partial charge in [0.25, 0.3) is 0 Å². The molecule has 0 aromatic carbocycles. The maximum Gasteiger partial charge on any atom is 0.173 e. The quantitative estimate of drug-likeness (QED) is 0.599. The summed E-state index contributed by atoms with van der Waals surface area (Å²) in [5.74, 6) is 0. The van der Waals surface area contributed by atoms with Gasteiger partial charge in [-0.15, -0.1) is 0 Å². The molecule has 0 amide bonds. The standard InChI is InChI=1S/C16H38OSi2/c1-13(2,3)18(14(4,5)6)17-19(15(7,8)9)16(10,11)12/h18-19H,1-12H3. The third-order valence-corrected chi connectivity index (χ3v) is 11.9. The lowest BCUT2D eigenvalue weighted by molar-refractivity contribution is 0.414. The molecule has 19 heavy (non-hydrogen) atoms. The summed E-state index contributed by atoms with van der Waals surface area (Å²) in [7, 11) is -2.61. The van der Waals surface area contributed by atoms with Gasteiger partial charge in [0.1, 0.15) is 0 Å². The lowest BCUT2D eigenvalue weighted by Crippen LogP contribution is -2.49. The van der Waals surface area contributed by atoms with E-state index < -0.39 is 18.1 Å². The zero-order chi connectivity index (χ0) is 15.9. The SMILES string of the molecule is CC(C)(C)[SiH](O[SiH](C(C)(C)C)C(C)(C)C)C(C)(C)C. The van der Waals surface area contributed by atoms with E-state index in [1.54, 1.807) is 0 Å². The maximum atomic E-state index is 6.99. The second-order valence-electron chi connectivity index (χ2n) is 10.4. The van der Waals surface area contributed by atoms with Crippen molar-refractivity contribution >= 4 is 18.1 Å². The highest BCUT2D eigenvalue weighted by atomic mass is 28.4. The molecular weight excluding hydrogens is 264 g/mol. The van der Waals surface area contributed by atoms with Gasteiger partial charge in [-0.2, -0.15) is 0 Å². The molecule has 1 nitrogen and oxygen atoms in total. The first-order chi connectivity index (χ1) is 7.97. The smallest absolute Gasteiger partial charge is 0.173 e. The monoisotopic (exact) mass is 302 g/mol. The van der Waals surface area contributed by atoms with Crippen molar-refractivity contribution in [1.29, 1.82) is 0 Å². The Morgan fingerprint density at radius 3 is 0.684 bits per heavy atom. The normalized spacial score (nSPS) is 15.5. The van der Waals surface area contributed by atoms with E-state index in [2.05, 4.69) is 83.1 Å². The van der Waals surface area contributed by atoms with Gasteiger partial charge in [-0.3, -0.25) is 0 Å². The Balaban J connectivity index is 5.43. The lowest BCUT2D eigenvalue weighted by Gasteiger charge is -2.47. The Morgan fingerprint density at radius 1 is 0.421 bits per heavy atom. The van der Waals surface area contributed by atoms with Gasteiger partial charge in [-0.1, -0.05) is 83.1 Å². The van der Waals surface area contributed by atoms with E-state index in [-0.39, 0.29) is 0 Å². The van der Waals surface area contributed by atoms with E-state index in [1.807, 2.05) is 0 Å². The number of hydrogen-bond acceptors (Lipinski definition) is 1. The average Bonchev–Trinajstić information content (AvgIpc) is 1.91. The summed E-state index contributed by atoms with van der Waals surface area (Å²) in [6, 6.07) is 0. The summed E-state index contributed by atoms with van der Waals surface area (Å²) in [5.41, 5.74) is 0. The molecule has 0 atom stereocenters. The van der Waals surface area contributed by atoms with Gasteiger partial charge in [-0.25, -0.2) is 0 Å². The van der Waals surface area contributed by atoms with Gasteiger partial charge in [0, 0.05) is 0 Å². The molecule has 0 saturated carbocycles. The molecule has 0 unspecified atom stereocenters. The van der Waals surface area contributed by atoms with Crippen LogP contribution in [0.4, 0.5) is 0 Å². The fourth-order valence-electron chi connectivity index (χ4n) is 3.55. The van der Waals surface area contributed by atoms with E-state index in [4.69, 9.17) is 4.12 Å². The van der Waals surface area contributed by atoms with Crippen LogP contribution in [0.25, 0.3) is 0 Å². The van der Waals surface area contributed by atoms with Gasteiger partial charge in [0.15, 0.2) is 18.1 Å². The van der Waals surface area contributed by atoms with Crippen molar-refractivity contribution < 1.29 is 4.12 Å². The minimum Gasteiger partial charge on any atom is -0.458 e. The van der Waals surface area contributed by atoms with Crippen LogP contribution in [0, 0.1) is 0 Å². The molecule has 0 aromatic heterocycles. The van der Waals surface area contributed by atoms with Crippen LogP contribution in [-0.2, 0) is 4.12 Å². The minimum atomic E-state index is -1.31. The Bertz CT molecular complexity index is 226. The van der Waals surface area contributed by atoms with Gasteiger partial charge < -0.3 is 4.12 Å². The van der Waals surface area contributed by atoms with Crippen molar-refractivity contribution in [3.8, 4) is 0 Å². The highest BCUT2D eigenvalue weighted by Gasteiger charge is 2.45. The Kier molecular flexibility index (Phi) is 5.76. The van der Waals surface area contributed by atoms with Crippen LogP contribution in [0.15, 0.2) is 0 Å². The van der Waals surface area contributed by atoms with Gasteiger partial charge in [0.05, 0.1) is 0 Å². The van der Waals surface area contributed by atoms with Crippen LogP contribution in [0.2, 0.25) is 20.2 Å². The van der Waals surface area contributed by atoms with E-state index in [9.17, 15) is 0 Å². The van der Waals surface area contributed by atoms with Crippen LogP contribution in [0.5, 0.6) is 0 Å². The third kappa shape index (κ3) is 6.13.